The Bertz CT molecular complexity index is 1940. The van der Waals surface area contributed by atoms with Crippen LogP contribution < -0.4 is 16.0 Å². The maximum atomic E-state index is 13.4. The maximum absolute atomic E-state index is 13.4. The molecule has 0 fully saturated rings. The van der Waals surface area contributed by atoms with Gasteiger partial charge in [0.05, 0.1) is 21.0 Å². The topological polar surface area (TPSA) is 100 Å². The molecule has 0 saturated heterocycles. The quantitative estimate of drug-likeness (QED) is 0.0934. The minimum Gasteiger partial charge on any atom is -0.321 e. The largest absolute Gasteiger partial charge is 0.321 e. The first-order chi connectivity index (χ1) is 23.0. The SMILES string of the molecule is CC(Sc1ccc(NC(=O)/C(=C/c2ccc(C(C)C)cc2)NC(=O)c2ccccc2)cc1)C(=O)Nc1nc(-c2ccc(Cl)c(Cl)c2)cs1. The molecule has 5 rings (SSSR count). The van der Waals surface area contributed by atoms with Gasteiger partial charge in [-0.15, -0.1) is 23.1 Å². The van der Waals surface area contributed by atoms with Crippen molar-refractivity contribution in [3.63, 3.8) is 0 Å². The van der Waals surface area contributed by atoms with E-state index in [1.54, 1.807) is 54.6 Å². The van der Waals surface area contributed by atoms with E-state index < -0.39 is 17.1 Å². The predicted octanol–water partition coefficient (Wildman–Crippen LogP) is 9.77. The van der Waals surface area contributed by atoms with E-state index in [9.17, 15) is 14.4 Å². The minimum atomic E-state index is -0.468. The van der Waals surface area contributed by atoms with E-state index in [-0.39, 0.29) is 11.6 Å². The lowest BCUT2D eigenvalue weighted by Gasteiger charge is -2.13. The van der Waals surface area contributed by atoms with Gasteiger partial charge in [0.15, 0.2) is 5.13 Å². The van der Waals surface area contributed by atoms with E-state index in [1.165, 1.54) is 28.7 Å². The Morgan fingerprint density at radius 1 is 0.833 bits per heavy atom. The maximum Gasteiger partial charge on any atom is 0.272 e. The molecule has 48 heavy (non-hydrogen) atoms. The second-order valence-corrected chi connectivity index (χ2v) is 14.2. The number of anilines is 2. The van der Waals surface area contributed by atoms with Crippen molar-refractivity contribution in [1.82, 2.24) is 10.3 Å². The van der Waals surface area contributed by atoms with Crippen LogP contribution in [0.5, 0.6) is 0 Å². The minimum absolute atomic E-state index is 0.106. The summed E-state index contributed by atoms with van der Waals surface area (Å²) in [5.74, 6) is -0.686. The molecule has 0 spiro atoms. The fourth-order valence-corrected chi connectivity index (χ4v) is 6.37. The summed E-state index contributed by atoms with van der Waals surface area (Å²) in [6, 6.07) is 29.0. The summed E-state index contributed by atoms with van der Waals surface area (Å²) in [7, 11) is 0. The molecule has 0 bridgehead atoms. The van der Waals surface area contributed by atoms with Crippen LogP contribution in [0.25, 0.3) is 17.3 Å². The third-order valence-electron chi connectivity index (χ3n) is 7.19. The van der Waals surface area contributed by atoms with Crippen LogP contribution in [0, 0.1) is 0 Å². The number of carbonyl (C=O) groups excluding carboxylic acids is 3. The first-order valence-corrected chi connectivity index (χ1v) is 17.5. The molecule has 0 saturated carbocycles. The molecule has 0 aliphatic heterocycles. The van der Waals surface area contributed by atoms with Crippen LogP contribution in [0.15, 0.2) is 113 Å². The molecule has 4 aromatic carbocycles. The van der Waals surface area contributed by atoms with Crippen molar-refractivity contribution in [2.24, 2.45) is 0 Å². The van der Waals surface area contributed by atoms with Crippen LogP contribution in [0.1, 0.15) is 48.2 Å². The van der Waals surface area contributed by atoms with E-state index in [0.717, 1.165) is 16.0 Å². The van der Waals surface area contributed by atoms with Crippen LogP contribution in [-0.2, 0) is 9.59 Å². The fraction of sp³-hybridized carbons (Fsp3) is 0.135. The van der Waals surface area contributed by atoms with Crippen molar-refractivity contribution < 1.29 is 14.4 Å². The van der Waals surface area contributed by atoms with Gasteiger partial charge >= 0.3 is 0 Å². The van der Waals surface area contributed by atoms with E-state index >= 15 is 0 Å². The highest BCUT2D eigenvalue weighted by Crippen LogP contribution is 2.31. The zero-order valence-electron chi connectivity index (χ0n) is 26.3. The van der Waals surface area contributed by atoms with E-state index in [4.69, 9.17) is 23.2 Å². The van der Waals surface area contributed by atoms with E-state index in [2.05, 4.69) is 34.8 Å². The fourth-order valence-electron chi connectivity index (χ4n) is 4.49. The summed E-state index contributed by atoms with van der Waals surface area (Å²) < 4.78 is 0. The summed E-state index contributed by atoms with van der Waals surface area (Å²) in [5, 5.41) is 11.3. The summed E-state index contributed by atoms with van der Waals surface area (Å²) in [5.41, 5.74) is 4.52. The molecule has 7 nitrogen and oxygen atoms in total. The van der Waals surface area contributed by atoms with Gasteiger partial charge in [0.25, 0.3) is 11.8 Å². The highest BCUT2D eigenvalue weighted by molar-refractivity contribution is 8.00. The second kappa shape index (κ2) is 16.1. The third-order valence-corrected chi connectivity index (χ3v) is 9.80. The smallest absolute Gasteiger partial charge is 0.272 e. The molecule has 244 valence electrons. The Morgan fingerprint density at radius 2 is 1.54 bits per heavy atom. The van der Waals surface area contributed by atoms with Crippen LogP contribution >= 0.6 is 46.3 Å². The summed E-state index contributed by atoms with van der Waals surface area (Å²) in [6.45, 7) is 6.03. The number of carbonyl (C=O) groups is 3. The third kappa shape index (κ3) is 9.35. The van der Waals surface area contributed by atoms with E-state index in [0.29, 0.717) is 38.0 Å². The van der Waals surface area contributed by atoms with Gasteiger partial charge in [0, 0.05) is 27.1 Å². The number of nitrogens with one attached hydrogen (secondary N) is 3. The predicted molar refractivity (Wildman–Crippen MR) is 199 cm³/mol. The molecule has 1 heterocycles. The van der Waals surface area contributed by atoms with Gasteiger partial charge in [0.1, 0.15) is 5.70 Å². The second-order valence-electron chi connectivity index (χ2n) is 11.1. The molecule has 1 atom stereocenters. The van der Waals surface area contributed by atoms with Gasteiger partial charge in [-0.1, -0.05) is 85.6 Å². The van der Waals surface area contributed by atoms with Crippen molar-refractivity contribution in [1.29, 1.82) is 0 Å². The molecule has 3 amide bonds. The van der Waals surface area contributed by atoms with Gasteiger partial charge in [-0.2, -0.15) is 0 Å². The lowest BCUT2D eigenvalue weighted by molar-refractivity contribution is -0.115. The Hall–Kier alpha value is -4.41. The van der Waals surface area contributed by atoms with Gasteiger partial charge < -0.3 is 16.0 Å². The molecule has 0 aliphatic carbocycles. The number of nitrogens with zero attached hydrogens (tertiary/aromatic N) is 1. The number of halogens is 2. The van der Waals surface area contributed by atoms with Crippen LogP contribution in [-0.4, -0.2) is 28.0 Å². The van der Waals surface area contributed by atoms with Crippen LogP contribution in [0.4, 0.5) is 10.8 Å². The number of hydrogen-bond donors (Lipinski definition) is 3. The van der Waals surface area contributed by atoms with Crippen molar-refractivity contribution in [2.45, 2.75) is 36.8 Å². The van der Waals surface area contributed by atoms with Crippen molar-refractivity contribution in [3.8, 4) is 11.3 Å². The Kier molecular flexibility index (Phi) is 11.7. The molecule has 0 aliphatic rings. The summed E-state index contributed by atoms with van der Waals surface area (Å²) in [6.07, 6.45) is 1.65. The average molecular weight is 716 g/mol. The van der Waals surface area contributed by atoms with Crippen molar-refractivity contribution in [3.05, 3.63) is 135 Å². The first kappa shape index (κ1) is 34.9. The van der Waals surface area contributed by atoms with Crippen molar-refractivity contribution in [2.75, 3.05) is 10.6 Å². The number of rotatable bonds is 11. The first-order valence-electron chi connectivity index (χ1n) is 15.0. The molecule has 1 unspecified atom stereocenters. The normalized spacial score (nSPS) is 12.0. The molecular formula is C37H32Cl2N4O3S2. The highest BCUT2D eigenvalue weighted by Gasteiger charge is 2.18. The number of benzene rings is 4. The summed E-state index contributed by atoms with van der Waals surface area (Å²) >= 11 is 14.8. The van der Waals surface area contributed by atoms with Gasteiger partial charge in [-0.3, -0.25) is 14.4 Å². The zero-order chi connectivity index (χ0) is 34.2. The van der Waals surface area contributed by atoms with Crippen LogP contribution in [0.2, 0.25) is 10.0 Å². The van der Waals surface area contributed by atoms with Crippen molar-refractivity contribution >= 4 is 80.9 Å². The lowest BCUT2D eigenvalue weighted by atomic mass is 10.0. The molecule has 3 N–H and O–H groups in total. The monoisotopic (exact) mass is 714 g/mol. The molecule has 0 radical (unpaired) electrons. The number of aromatic nitrogens is 1. The Balaban J connectivity index is 1.22. The Morgan fingerprint density at radius 3 is 2.21 bits per heavy atom. The molecule has 11 heteroatoms. The standard InChI is InChI=1S/C37H32Cl2N4O3S2/c1-22(2)25-11-9-24(10-12-25)19-32(41-35(45)26-7-5-4-6-8-26)36(46)40-28-14-16-29(17-15-28)48-23(3)34(44)43-37-42-33(21-47-37)27-13-18-30(38)31(39)20-27/h4-23H,1-3H3,(H,40,46)(H,41,45)(H,42,43,44)/b32-19-. The average Bonchev–Trinajstić information content (AvgIpc) is 3.55. The molecule has 1 aromatic heterocycles. The number of thiazole rings is 1. The zero-order valence-corrected chi connectivity index (χ0v) is 29.4. The van der Waals surface area contributed by atoms with Gasteiger partial charge in [0.2, 0.25) is 5.91 Å². The Labute approximate surface area is 297 Å². The van der Waals surface area contributed by atoms with Gasteiger partial charge in [-0.25, -0.2) is 4.98 Å². The number of amides is 3. The lowest BCUT2D eigenvalue weighted by Crippen LogP contribution is -2.30. The van der Waals surface area contributed by atoms with Crippen LogP contribution in [0.3, 0.4) is 0 Å². The van der Waals surface area contributed by atoms with Gasteiger partial charge in [-0.05, 0) is 78.6 Å². The molecule has 5 aromatic rings. The molecular weight excluding hydrogens is 683 g/mol. The highest BCUT2D eigenvalue weighted by atomic mass is 35.5. The summed E-state index contributed by atoms with van der Waals surface area (Å²) in [4.78, 5) is 44.7. The number of thioether (sulfide) groups is 1. The van der Waals surface area contributed by atoms with E-state index in [1.807, 2.05) is 60.8 Å². The number of hydrogen-bond acceptors (Lipinski definition) is 6.